The molecule has 1 saturated heterocycles. The number of terminal acetylenes is 2. The maximum atomic E-state index is 5.55. The van der Waals surface area contributed by atoms with Gasteiger partial charge in [-0.1, -0.05) is 46.4 Å². The molecule has 1 rings (SSSR count). The van der Waals surface area contributed by atoms with Crippen molar-refractivity contribution >= 4 is 39.2 Å². The van der Waals surface area contributed by atoms with Crippen LogP contribution in [0.15, 0.2) is 0 Å². The Kier molecular flexibility index (Phi) is 3.81. The van der Waals surface area contributed by atoms with Crippen molar-refractivity contribution in [2.75, 3.05) is 14.1 Å². The summed E-state index contributed by atoms with van der Waals surface area (Å²) in [7, 11) is 3.99. The molecule has 0 spiro atoms. The normalized spacial score (nSPS) is 38.5. The van der Waals surface area contributed by atoms with Crippen LogP contribution in [0.3, 0.4) is 0 Å². The van der Waals surface area contributed by atoms with Gasteiger partial charge in [0, 0.05) is 0 Å². The average molecular weight is 247 g/mol. The van der Waals surface area contributed by atoms with Gasteiger partial charge in [0.15, 0.2) is 0 Å². The van der Waals surface area contributed by atoms with Crippen molar-refractivity contribution in [3.05, 3.63) is 0 Å². The highest BCUT2D eigenvalue weighted by Crippen LogP contribution is 2.78. The maximum Gasteiger partial charge on any atom is 0.122 e. The van der Waals surface area contributed by atoms with Gasteiger partial charge in [-0.25, -0.2) is 0 Å². The van der Waals surface area contributed by atoms with E-state index < -0.39 is 4.59 Å². The van der Waals surface area contributed by atoms with E-state index in [-0.39, 0.29) is 10.5 Å². The van der Waals surface area contributed by atoms with Gasteiger partial charge in [0.2, 0.25) is 0 Å². The second kappa shape index (κ2) is 4.30. The Bertz CT molecular complexity index is 299. The van der Waals surface area contributed by atoms with Crippen LogP contribution in [-0.4, -0.2) is 29.3 Å². The van der Waals surface area contributed by atoms with E-state index in [9.17, 15) is 0 Å². The van der Waals surface area contributed by atoms with Crippen LogP contribution in [0.2, 0.25) is 0 Å². The van der Waals surface area contributed by atoms with Gasteiger partial charge in [-0.05, 0) is 14.1 Å². The molecule has 1 nitrogen and oxygen atoms in total. The fourth-order valence-electron chi connectivity index (χ4n) is 0.847. The van der Waals surface area contributed by atoms with Gasteiger partial charge in [0.05, 0.1) is 10.5 Å². The highest BCUT2D eigenvalue weighted by molar-refractivity contribution is 9.01. The third kappa shape index (κ3) is 2.27. The van der Waals surface area contributed by atoms with E-state index in [0.29, 0.717) is 0 Å². The minimum absolute atomic E-state index is 0.0863. The minimum atomic E-state index is -1.57. The number of nitrogens with zero attached hydrogens (tertiary/aromatic N) is 1. The first-order chi connectivity index (χ1) is 6.03. The molecule has 5 heteroatoms. The molecule has 0 N–H and O–H groups in total. The van der Waals surface area contributed by atoms with E-state index in [1.54, 1.807) is 22.8 Å². The number of hydrogen-bond acceptors (Lipinski definition) is 3. The van der Waals surface area contributed by atoms with Crippen molar-refractivity contribution < 1.29 is 0 Å². The quantitative estimate of drug-likeness (QED) is 0.516. The Balaban J connectivity index is 2.88. The molecule has 0 aromatic rings. The Morgan fingerprint density at radius 2 is 1.62 bits per heavy atom. The van der Waals surface area contributed by atoms with Crippen LogP contribution >= 0.6 is 27.4 Å². The van der Waals surface area contributed by atoms with Crippen LogP contribution in [0.5, 0.6) is 0 Å². The molecule has 1 fully saturated rings. The third-order valence-corrected chi connectivity index (χ3v) is 13.5. The van der Waals surface area contributed by atoms with Crippen LogP contribution in [0, 0.1) is 24.7 Å². The summed E-state index contributed by atoms with van der Waals surface area (Å²) in [6, 6.07) is 0. The van der Waals surface area contributed by atoms with Gasteiger partial charge in [-0.3, -0.25) is 4.67 Å². The molecule has 0 saturated carbocycles. The average Bonchev–Trinajstić information content (AvgIpc) is 2.43. The predicted octanol–water partition coefficient (Wildman–Crippen LogP) is 2.26. The zero-order valence-corrected chi connectivity index (χ0v) is 10.8. The molecule has 0 aromatic carbocycles. The largest absolute Gasteiger partial charge is 0.265 e. The summed E-state index contributed by atoms with van der Waals surface area (Å²) in [5, 5.41) is 0.173. The Morgan fingerprint density at radius 1 is 1.23 bits per heavy atom. The summed E-state index contributed by atoms with van der Waals surface area (Å²) in [6.07, 6.45) is 10.8. The lowest BCUT2D eigenvalue weighted by molar-refractivity contribution is 0.696. The van der Waals surface area contributed by atoms with E-state index in [1.807, 2.05) is 14.1 Å². The zero-order chi connectivity index (χ0) is 10.1. The van der Waals surface area contributed by atoms with Gasteiger partial charge in [0.1, 0.15) is 4.59 Å². The van der Waals surface area contributed by atoms with Crippen LogP contribution < -0.4 is 0 Å². The first-order valence-corrected chi connectivity index (χ1v) is 9.33. The molecule has 2 atom stereocenters. The molecule has 0 aromatic heterocycles. The number of hydrogen-bond donors (Lipinski definition) is 0. The summed E-state index contributed by atoms with van der Waals surface area (Å²) in [4.78, 5) is 0. The van der Waals surface area contributed by atoms with E-state index in [0.717, 1.165) is 0 Å². The standard InChI is InChI=1S/C8H10NPS3/c1-5-7-8(6-2)13-10(11,12-7)9(3)4/h1-2,7-8H,3-4H3. The van der Waals surface area contributed by atoms with E-state index in [2.05, 4.69) is 16.5 Å². The van der Waals surface area contributed by atoms with Gasteiger partial charge < -0.3 is 0 Å². The summed E-state index contributed by atoms with van der Waals surface area (Å²) in [5.41, 5.74) is 0. The van der Waals surface area contributed by atoms with Gasteiger partial charge in [-0.15, -0.1) is 12.8 Å². The smallest absolute Gasteiger partial charge is 0.122 e. The van der Waals surface area contributed by atoms with Crippen LogP contribution in [0.4, 0.5) is 0 Å². The van der Waals surface area contributed by atoms with E-state index in [1.165, 1.54) is 0 Å². The minimum Gasteiger partial charge on any atom is -0.265 e. The molecule has 1 heterocycles. The van der Waals surface area contributed by atoms with Gasteiger partial charge in [-0.2, -0.15) is 0 Å². The highest BCUT2D eigenvalue weighted by atomic mass is 33.2. The summed E-state index contributed by atoms with van der Waals surface area (Å²) in [6.45, 7) is 0. The van der Waals surface area contributed by atoms with Crippen molar-refractivity contribution in [3.8, 4) is 24.7 Å². The van der Waals surface area contributed by atoms with E-state index >= 15 is 0 Å². The van der Waals surface area contributed by atoms with Crippen LogP contribution in [0.25, 0.3) is 0 Å². The molecular formula is C8H10NPS3. The van der Waals surface area contributed by atoms with Crippen molar-refractivity contribution in [3.63, 3.8) is 0 Å². The van der Waals surface area contributed by atoms with Gasteiger partial charge in [0.25, 0.3) is 0 Å². The second-order valence-corrected chi connectivity index (χ2v) is 14.0. The van der Waals surface area contributed by atoms with Gasteiger partial charge >= 0.3 is 0 Å². The predicted molar refractivity (Wildman–Crippen MR) is 68.4 cm³/mol. The Hall–Kier alpha value is 0.430. The summed E-state index contributed by atoms with van der Waals surface area (Å²) < 4.78 is 0.510. The third-order valence-electron chi connectivity index (χ3n) is 1.59. The molecule has 13 heavy (non-hydrogen) atoms. The van der Waals surface area contributed by atoms with Crippen molar-refractivity contribution in [1.82, 2.24) is 4.67 Å². The zero-order valence-electron chi connectivity index (χ0n) is 7.43. The second-order valence-electron chi connectivity index (χ2n) is 2.70. The maximum absolute atomic E-state index is 5.55. The fourth-order valence-corrected chi connectivity index (χ4v) is 11.1. The summed E-state index contributed by atoms with van der Waals surface area (Å²) in [5.74, 6) is 5.42. The number of rotatable bonds is 1. The lowest BCUT2D eigenvalue weighted by Crippen LogP contribution is -2.09. The fraction of sp³-hybridized carbons (Fsp3) is 0.500. The lowest BCUT2D eigenvalue weighted by atomic mass is 10.3. The SMILES string of the molecule is C#CC1SP(=S)(N(C)C)SC1C#C. The molecule has 1 aliphatic heterocycles. The van der Waals surface area contributed by atoms with Crippen LogP contribution in [-0.2, 0) is 11.8 Å². The Morgan fingerprint density at radius 3 is 1.85 bits per heavy atom. The molecule has 1 aliphatic rings. The lowest BCUT2D eigenvalue weighted by Gasteiger charge is -2.21. The van der Waals surface area contributed by atoms with Crippen molar-refractivity contribution in [2.45, 2.75) is 10.5 Å². The topological polar surface area (TPSA) is 3.24 Å². The molecular weight excluding hydrogens is 237 g/mol. The van der Waals surface area contributed by atoms with Crippen LogP contribution in [0.1, 0.15) is 0 Å². The van der Waals surface area contributed by atoms with E-state index in [4.69, 9.17) is 24.7 Å². The highest BCUT2D eigenvalue weighted by Gasteiger charge is 2.40. The molecule has 70 valence electrons. The van der Waals surface area contributed by atoms with Crippen molar-refractivity contribution in [1.29, 1.82) is 0 Å². The van der Waals surface area contributed by atoms with Crippen molar-refractivity contribution in [2.24, 2.45) is 0 Å². The molecule has 2 unspecified atom stereocenters. The monoisotopic (exact) mass is 247 g/mol. The first-order valence-electron chi connectivity index (χ1n) is 3.60. The molecule has 0 aliphatic carbocycles. The summed E-state index contributed by atoms with van der Waals surface area (Å²) >= 11 is 8.93. The molecule has 0 amide bonds. The molecule has 0 radical (unpaired) electrons. The molecule has 0 bridgehead atoms. The Labute approximate surface area is 93.0 Å². The first kappa shape index (κ1) is 11.5.